The molecule has 0 saturated heterocycles. The van der Waals surface area contributed by atoms with Crippen molar-refractivity contribution in [2.75, 3.05) is 7.05 Å². The van der Waals surface area contributed by atoms with Crippen molar-refractivity contribution in [3.8, 4) is 0 Å². The summed E-state index contributed by atoms with van der Waals surface area (Å²) in [4.78, 5) is 15.0. The smallest absolute Gasteiger partial charge is 0.254 e. The van der Waals surface area contributed by atoms with E-state index in [4.69, 9.17) is 0 Å². The molecule has 0 spiro atoms. The number of hydrogen-bond acceptors (Lipinski definition) is 2. The number of rotatable bonds is 4. The normalized spacial score (nSPS) is 12.3. The van der Waals surface area contributed by atoms with Crippen LogP contribution in [0, 0.1) is 6.92 Å². The van der Waals surface area contributed by atoms with Crippen LogP contribution in [-0.4, -0.2) is 23.9 Å². The summed E-state index contributed by atoms with van der Waals surface area (Å²) in [5.41, 5.74) is 1.76. The third-order valence-electron chi connectivity index (χ3n) is 3.14. The van der Waals surface area contributed by atoms with Gasteiger partial charge in [0.2, 0.25) is 0 Å². The van der Waals surface area contributed by atoms with Gasteiger partial charge in [-0.3, -0.25) is 4.79 Å². The highest BCUT2D eigenvalue weighted by atomic mass is 32.1. The number of aryl methyl sites for hydroxylation is 1. The molecule has 17 heavy (non-hydrogen) atoms. The lowest BCUT2D eigenvalue weighted by atomic mass is 10.1. The fraction of sp³-hybridized carbons (Fsp3) is 0.500. The molecule has 94 valence electrons. The zero-order chi connectivity index (χ0) is 13.0. The Kier molecular flexibility index (Phi) is 5.06. The maximum absolute atomic E-state index is 12.3. The van der Waals surface area contributed by atoms with Crippen LogP contribution in [-0.2, 0) is 0 Å². The molecule has 3 heteroatoms. The second-order valence-corrected chi connectivity index (χ2v) is 5.07. The van der Waals surface area contributed by atoms with Crippen molar-refractivity contribution < 1.29 is 4.79 Å². The minimum atomic E-state index is 0.0827. The molecule has 1 unspecified atom stereocenters. The Labute approximate surface area is 109 Å². The van der Waals surface area contributed by atoms with Gasteiger partial charge in [0.15, 0.2) is 0 Å². The van der Waals surface area contributed by atoms with Crippen LogP contribution < -0.4 is 0 Å². The highest BCUT2D eigenvalue weighted by Crippen LogP contribution is 2.17. The number of benzene rings is 1. The monoisotopic (exact) mass is 251 g/mol. The first-order valence-electron chi connectivity index (χ1n) is 6.04. The molecule has 0 heterocycles. The molecule has 0 saturated carbocycles. The predicted molar refractivity (Wildman–Crippen MR) is 74.9 cm³/mol. The van der Waals surface area contributed by atoms with Crippen LogP contribution in [0.3, 0.4) is 0 Å². The predicted octanol–water partition coefficient (Wildman–Crippen LogP) is 3.54. The van der Waals surface area contributed by atoms with E-state index in [1.54, 1.807) is 0 Å². The lowest BCUT2D eigenvalue weighted by Gasteiger charge is -2.25. The Bertz CT molecular complexity index is 403. The molecule has 0 radical (unpaired) electrons. The van der Waals surface area contributed by atoms with Gasteiger partial charge in [-0.25, -0.2) is 0 Å². The summed E-state index contributed by atoms with van der Waals surface area (Å²) in [6, 6.07) is 5.96. The third-order valence-corrected chi connectivity index (χ3v) is 3.42. The summed E-state index contributed by atoms with van der Waals surface area (Å²) in [5.74, 6) is 0.0827. The van der Waals surface area contributed by atoms with Crippen LogP contribution in [0.2, 0.25) is 0 Å². The second-order valence-electron chi connectivity index (χ2n) is 4.55. The van der Waals surface area contributed by atoms with Crippen molar-refractivity contribution in [1.29, 1.82) is 0 Å². The van der Waals surface area contributed by atoms with Gasteiger partial charge in [-0.15, -0.1) is 12.6 Å². The molecule has 0 aliphatic carbocycles. The highest BCUT2D eigenvalue weighted by Gasteiger charge is 2.18. The van der Waals surface area contributed by atoms with Crippen molar-refractivity contribution in [1.82, 2.24) is 4.90 Å². The zero-order valence-corrected chi connectivity index (χ0v) is 11.9. The molecule has 1 amide bonds. The summed E-state index contributed by atoms with van der Waals surface area (Å²) >= 11 is 4.29. The van der Waals surface area contributed by atoms with Gasteiger partial charge in [0, 0.05) is 23.5 Å². The molecule has 0 aliphatic rings. The Balaban J connectivity index is 2.92. The van der Waals surface area contributed by atoms with Crippen molar-refractivity contribution in [3.05, 3.63) is 29.3 Å². The van der Waals surface area contributed by atoms with Crippen LogP contribution in [0.1, 0.15) is 42.6 Å². The first-order chi connectivity index (χ1) is 7.97. The van der Waals surface area contributed by atoms with E-state index in [-0.39, 0.29) is 11.9 Å². The minimum Gasteiger partial charge on any atom is -0.339 e. The number of nitrogens with zero attached hydrogens (tertiary/aromatic N) is 1. The van der Waals surface area contributed by atoms with Gasteiger partial charge in [0.05, 0.1) is 0 Å². The fourth-order valence-corrected chi connectivity index (χ4v) is 2.05. The van der Waals surface area contributed by atoms with Crippen molar-refractivity contribution in [2.45, 2.75) is 44.6 Å². The molecule has 1 atom stereocenters. The standard InChI is InChI=1S/C14H21NOS/c1-5-6-11(3)15(4)14(16)13-9-12(17)8-7-10(13)2/h7-9,11,17H,5-6H2,1-4H3. The number of hydrogen-bond donors (Lipinski definition) is 1. The van der Waals surface area contributed by atoms with Crippen molar-refractivity contribution >= 4 is 18.5 Å². The van der Waals surface area contributed by atoms with E-state index < -0.39 is 0 Å². The van der Waals surface area contributed by atoms with E-state index in [1.165, 1.54) is 0 Å². The summed E-state index contributed by atoms with van der Waals surface area (Å²) in [5, 5.41) is 0. The van der Waals surface area contributed by atoms with E-state index in [9.17, 15) is 4.79 Å². The average Bonchev–Trinajstić information content (AvgIpc) is 2.30. The molecule has 0 fully saturated rings. The molecule has 0 N–H and O–H groups in total. The highest BCUT2D eigenvalue weighted by molar-refractivity contribution is 7.80. The van der Waals surface area contributed by atoms with Crippen molar-refractivity contribution in [3.63, 3.8) is 0 Å². The van der Waals surface area contributed by atoms with Gasteiger partial charge in [-0.2, -0.15) is 0 Å². The van der Waals surface area contributed by atoms with Gasteiger partial charge < -0.3 is 4.90 Å². The second kappa shape index (κ2) is 6.10. The fourth-order valence-electron chi connectivity index (χ4n) is 1.84. The van der Waals surface area contributed by atoms with Crippen LogP contribution in [0.5, 0.6) is 0 Å². The summed E-state index contributed by atoms with van der Waals surface area (Å²) in [6.07, 6.45) is 2.12. The average molecular weight is 251 g/mol. The third kappa shape index (κ3) is 3.50. The lowest BCUT2D eigenvalue weighted by Crippen LogP contribution is -2.35. The van der Waals surface area contributed by atoms with E-state index in [1.807, 2.05) is 37.1 Å². The largest absolute Gasteiger partial charge is 0.339 e. The number of amides is 1. The summed E-state index contributed by atoms with van der Waals surface area (Å²) < 4.78 is 0. The number of carbonyl (C=O) groups excluding carboxylic acids is 1. The number of carbonyl (C=O) groups is 1. The van der Waals surface area contributed by atoms with Gasteiger partial charge in [-0.1, -0.05) is 19.4 Å². The molecule has 1 aromatic rings. The van der Waals surface area contributed by atoms with E-state index >= 15 is 0 Å². The maximum atomic E-state index is 12.3. The van der Waals surface area contributed by atoms with Gasteiger partial charge in [0.1, 0.15) is 0 Å². The summed E-state index contributed by atoms with van der Waals surface area (Å²) in [7, 11) is 1.87. The Morgan fingerprint density at radius 2 is 2.12 bits per heavy atom. The molecule has 1 aromatic carbocycles. The molecule has 0 aliphatic heterocycles. The Hall–Kier alpha value is -0.960. The zero-order valence-electron chi connectivity index (χ0n) is 11.0. The van der Waals surface area contributed by atoms with E-state index in [2.05, 4.69) is 26.5 Å². The van der Waals surface area contributed by atoms with E-state index in [0.29, 0.717) is 0 Å². The van der Waals surface area contributed by atoms with Gasteiger partial charge in [0.25, 0.3) is 5.91 Å². The first kappa shape index (κ1) is 14.1. The molecule has 1 rings (SSSR count). The van der Waals surface area contributed by atoms with Crippen molar-refractivity contribution in [2.24, 2.45) is 0 Å². The van der Waals surface area contributed by atoms with Crippen LogP contribution in [0.15, 0.2) is 23.1 Å². The van der Waals surface area contributed by atoms with Gasteiger partial charge >= 0.3 is 0 Å². The topological polar surface area (TPSA) is 20.3 Å². The molecule has 2 nitrogen and oxygen atoms in total. The van der Waals surface area contributed by atoms with Crippen LogP contribution in [0.4, 0.5) is 0 Å². The molecule has 0 bridgehead atoms. The Morgan fingerprint density at radius 1 is 1.47 bits per heavy atom. The molecular formula is C14H21NOS. The van der Waals surface area contributed by atoms with E-state index in [0.717, 1.165) is 28.9 Å². The minimum absolute atomic E-state index is 0.0827. The lowest BCUT2D eigenvalue weighted by molar-refractivity contribution is 0.0736. The van der Waals surface area contributed by atoms with Gasteiger partial charge in [-0.05, 0) is 38.0 Å². The quantitative estimate of drug-likeness (QED) is 0.812. The summed E-state index contributed by atoms with van der Waals surface area (Å²) in [6.45, 7) is 6.18. The van der Waals surface area contributed by atoms with Crippen LogP contribution in [0.25, 0.3) is 0 Å². The SMILES string of the molecule is CCCC(C)N(C)C(=O)c1cc(S)ccc1C. The number of thiol groups is 1. The Morgan fingerprint density at radius 3 is 2.71 bits per heavy atom. The first-order valence-corrected chi connectivity index (χ1v) is 6.48. The maximum Gasteiger partial charge on any atom is 0.254 e. The van der Waals surface area contributed by atoms with Crippen LogP contribution >= 0.6 is 12.6 Å². The molecule has 0 aromatic heterocycles. The molecular weight excluding hydrogens is 230 g/mol.